The Morgan fingerprint density at radius 2 is 1.95 bits per heavy atom. The summed E-state index contributed by atoms with van der Waals surface area (Å²) in [5.74, 6) is 0.923. The minimum Gasteiger partial charge on any atom is -0.385 e. The highest BCUT2D eigenvalue weighted by Crippen LogP contribution is 2.21. The summed E-state index contributed by atoms with van der Waals surface area (Å²) in [5.41, 5.74) is 1.03. The number of likely N-dealkylation sites (tertiary alicyclic amines) is 1. The van der Waals surface area contributed by atoms with Gasteiger partial charge >= 0.3 is 0 Å². The fourth-order valence-electron chi connectivity index (χ4n) is 2.64. The van der Waals surface area contributed by atoms with Gasteiger partial charge in [0.25, 0.3) is 0 Å². The van der Waals surface area contributed by atoms with Crippen molar-refractivity contribution in [3.05, 3.63) is 34.9 Å². The van der Waals surface area contributed by atoms with E-state index in [1.54, 1.807) is 7.11 Å². The van der Waals surface area contributed by atoms with Crippen LogP contribution in [0, 0.1) is 5.92 Å². The van der Waals surface area contributed by atoms with E-state index >= 15 is 0 Å². The van der Waals surface area contributed by atoms with E-state index in [4.69, 9.17) is 16.3 Å². The Balaban J connectivity index is 1.78. The molecule has 4 heteroatoms. The summed E-state index contributed by atoms with van der Waals surface area (Å²) in [6.45, 7) is 2.57. The Labute approximate surface area is 125 Å². The van der Waals surface area contributed by atoms with Crippen LogP contribution in [0.2, 0.25) is 5.02 Å². The Hall–Kier alpha value is -1.06. The van der Waals surface area contributed by atoms with Gasteiger partial charge in [-0.1, -0.05) is 23.7 Å². The molecule has 1 fully saturated rings. The lowest BCUT2D eigenvalue weighted by Gasteiger charge is -2.32. The molecule has 0 aliphatic carbocycles. The Morgan fingerprint density at radius 3 is 2.55 bits per heavy atom. The summed E-state index contributed by atoms with van der Waals surface area (Å²) in [4.78, 5) is 14.2. The van der Waals surface area contributed by atoms with Crippen LogP contribution >= 0.6 is 11.6 Å². The highest BCUT2D eigenvalue weighted by molar-refractivity contribution is 6.30. The summed E-state index contributed by atoms with van der Waals surface area (Å²) in [7, 11) is 1.74. The van der Waals surface area contributed by atoms with Crippen LogP contribution in [-0.2, 0) is 16.0 Å². The van der Waals surface area contributed by atoms with E-state index in [0.717, 1.165) is 44.5 Å². The first-order valence-electron chi connectivity index (χ1n) is 7.20. The molecular weight excluding hydrogens is 274 g/mol. The second-order valence-corrected chi connectivity index (χ2v) is 5.85. The van der Waals surface area contributed by atoms with Gasteiger partial charge in [0.05, 0.1) is 6.42 Å². The van der Waals surface area contributed by atoms with E-state index < -0.39 is 0 Å². The van der Waals surface area contributed by atoms with Crippen molar-refractivity contribution in [3.63, 3.8) is 0 Å². The molecule has 0 atom stereocenters. The fourth-order valence-corrected chi connectivity index (χ4v) is 2.77. The van der Waals surface area contributed by atoms with Crippen molar-refractivity contribution in [2.75, 3.05) is 26.8 Å². The molecule has 1 saturated heterocycles. The lowest BCUT2D eigenvalue weighted by molar-refractivity contribution is -0.131. The molecule has 2 rings (SSSR count). The molecule has 0 bridgehead atoms. The molecule has 0 aromatic heterocycles. The van der Waals surface area contributed by atoms with Crippen molar-refractivity contribution in [3.8, 4) is 0 Å². The van der Waals surface area contributed by atoms with E-state index in [-0.39, 0.29) is 5.91 Å². The number of carbonyl (C=O) groups excluding carboxylic acids is 1. The minimum absolute atomic E-state index is 0.220. The molecule has 0 N–H and O–H groups in total. The molecule has 1 amide bonds. The standard InChI is InChI=1S/C16H22ClNO2/c1-20-11-8-13-6-9-18(10-7-13)16(19)12-14-2-4-15(17)5-3-14/h2-5,13H,6-12H2,1H3. The smallest absolute Gasteiger partial charge is 0.226 e. The summed E-state index contributed by atoms with van der Waals surface area (Å²) >= 11 is 5.85. The number of hydrogen-bond acceptors (Lipinski definition) is 2. The first-order valence-corrected chi connectivity index (χ1v) is 7.58. The Bertz CT molecular complexity index is 425. The maximum Gasteiger partial charge on any atom is 0.226 e. The first kappa shape index (κ1) is 15.3. The number of benzene rings is 1. The molecule has 20 heavy (non-hydrogen) atoms. The molecule has 0 radical (unpaired) electrons. The van der Waals surface area contributed by atoms with Gasteiger partial charge in [0.1, 0.15) is 0 Å². The van der Waals surface area contributed by atoms with Crippen molar-refractivity contribution >= 4 is 17.5 Å². The van der Waals surface area contributed by atoms with Crippen LogP contribution in [0.5, 0.6) is 0 Å². The van der Waals surface area contributed by atoms with Crippen LogP contribution in [0.3, 0.4) is 0 Å². The first-order chi connectivity index (χ1) is 9.69. The third-order valence-corrected chi connectivity index (χ3v) is 4.22. The van der Waals surface area contributed by atoms with Crippen LogP contribution in [0.1, 0.15) is 24.8 Å². The van der Waals surface area contributed by atoms with Crippen molar-refractivity contribution in [1.29, 1.82) is 0 Å². The van der Waals surface area contributed by atoms with Crippen LogP contribution in [0.4, 0.5) is 0 Å². The maximum atomic E-state index is 12.2. The zero-order valence-corrected chi connectivity index (χ0v) is 12.7. The molecular formula is C16H22ClNO2. The number of amides is 1. The summed E-state index contributed by atoms with van der Waals surface area (Å²) in [5, 5.41) is 0.708. The number of carbonyl (C=O) groups is 1. The molecule has 0 unspecified atom stereocenters. The molecule has 0 saturated carbocycles. The molecule has 1 aliphatic rings. The zero-order valence-electron chi connectivity index (χ0n) is 12.0. The second-order valence-electron chi connectivity index (χ2n) is 5.41. The molecule has 110 valence electrons. The predicted octanol–water partition coefficient (Wildman–Crippen LogP) is 3.16. The number of methoxy groups -OCH3 is 1. The molecule has 3 nitrogen and oxygen atoms in total. The van der Waals surface area contributed by atoms with Gasteiger partial charge in [-0.2, -0.15) is 0 Å². The highest BCUT2D eigenvalue weighted by atomic mass is 35.5. The van der Waals surface area contributed by atoms with Crippen molar-refractivity contribution in [2.24, 2.45) is 5.92 Å². The van der Waals surface area contributed by atoms with Gasteiger partial charge < -0.3 is 9.64 Å². The van der Waals surface area contributed by atoms with Crippen LogP contribution < -0.4 is 0 Å². The highest BCUT2D eigenvalue weighted by Gasteiger charge is 2.22. The molecule has 1 aromatic rings. The number of piperidine rings is 1. The van der Waals surface area contributed by atoms with Crippen molar-refractivity contribution in [2.45, 2.75) is 25.7 Å². The predicted molar refractivity (Wildman–Crippen MR) is 81.0 cm³/mol. The normalized spacial score (nSPS) is 16.4. The molecule has 1 aliphatic heterocycles. The van der Waals surface area contributed by atoms with E-state index in [9.17, 15) is 4.79 Å². The fraction of sp³-hybridized carbons (Fsp3) is 0.562. The minimum atomic E-state index is 0.220. The van der Waals surface area contributed by atoms with Gasteiger partial charge in [0.2, 0.25) is 5.91 Å². The lowest BCUT2D eigenvalue weighted by Crippen LogP contribution is -2.39. The van der Waals surface area contributed by atoms with Gasteiger partial charge in [-0.3, -0.25) is 4.79 Å². The summed E-state index contributed by atoms with van der Waals surface area (Å²) in [6, 6.07) is 7.51. The quantitative estimate of drug-likeness (QED) is 0.835. The van der Waals surface area contributed by atoms with Gasteiger partial charge in [0.15, 0.2) is 0 Å². The number of rotatable bonds is 5. The van der Waals surface area contributed by atoms with E-state index in [0.29, 0.717) is 17.4 Å². The number of ether oxygens (including phenoxy) is 1. The van der Waals surface area contributed by atoms with Gasteiger partial charge in [-0.15, -0.1) is 0 Å². The van der Waals surface area contributed by atoms with Crippen molar-refractivity contribution < 1.29 is 9.53 Å². The van der Waals surface area contributed by atoms with E-state index in [2.05, 4.69) is 0 Å². The molecule has 1 heterocycles. The summed E-state index contributed by atoms with van der Waals surface area (Å²) < 4.78 is 5.12. The van der Waals surface area contributed by atoms with Gasteiger partial charge in [-0.25, -0.2) is 0 Å². The monoisotopic (exact) mass is 295 g/mol. The van der Waals surface area contributed by atoms with Crippen LogP contribution in [0.25, 0.3) is 0 Å². The second kappa shape index (κ2) is 7.65. The van der Waals surface area contributed by atoms with Crippen LogP contribution in [0.15, 0.2) is 24.3 Å². The van der Waals surface area contributed by atoms with Gasteiger partial charge in [-0.05, 0) is 42.9 Å². The SMILES string of the molecule is COCCC1CCN(C(=O)Cc2ccc(Cl)cc2)CC1. The van der Waals surface area contributed by atoms with E-state index in [1.165, 1.54) is 0 Å². The number of hydrogen-bond donors (Lipinski definition) is 0. The third-order valence-electron chi connectivity index (χ3n) is 3.97. The third kappa shape index (κ3) is 4.50. The van der Waals surface area contributed by atoms with Crippen LogP contribution in [-0.4, -0.2) is 37.6 Å². The zero-order chi connectivity index (χ0) is 14.4. The lowest BCUT2D eigenvalue weighted by atomic mass is 9.93. The van der Waals surface area contributed by atoms with Gasteiger partial charge in [0, 0.05) is 31.8 Å². The molecule has 1 aromatic carbocycles. The Kier molecular flexibility index (Phi) is 5.86. The topological polar surface area (TPSA) is 29.5 Å². The molecule has 0 spiro atoms. The Morgan fingerprint density at radius 1 is 1.30 bits per heavy atom. The maximum absolute atomic E-state index is 12.2. The summed E-state index contributed by atoms with van der Waals surface area (Å²) in [6.07, 6.45) is 3.76. The van der Waals surface area contributed by atoms with Crippen molar-refractivity contribution in [1.82, 2.24) is 4.90 Å². The number of nitrogens with zero attached hydrogens (tertiary/aromatic N) is 1. The average molecular weight is 296 g/mol. The number of halogens is 1. The average Bonchev–Trinajstić information content (AvgIpc) is 2.48. The largest absolute Gasteiger partial charge is 0.385 e. The van der Waals surface area contributed by atoms with E-state index in [1.807, 2.05) is 29.2 Å².